The summed E-state index contributed by atoms with van der Waals surface area (Å²) in [4.78, 5) is 2.41. The van der Waals surface area contributed by atoms with Gasteiger partial charge in [0.2, 0.25) is 0 Å². The van der Waals surface area contributed by atoms with Crippen LogP contribution in [0.4, 0.5) is 17.1 Å². The Labute approximate surface area is 292 Å². The van der Waals surface area contributed by atoms with Crippen molar-refractivity contribution in [1.82, 2.24) is 4.57 Å². The van der Waals surface area contributed by atoms with Crippen molar-refractivity contribution < 1.29 is 0 Å². The zero-order valence-electron chi connectivity index (χ0n) is 27.5. The smallest absolute Gasteiger partial charge is 0.0562 e. The highest BCUT2D eigenvalue weighted by Gasteiger charge is 2.21. The third-order valence-electron chi connectivity index (χ3n) is 9.59. The van der Waals surface area contributed by atoms with Crippen LogP contribution in [-0.4, -0.2) is 4.57 Å². The summed E-state index contributed by atoms with van der Waals surface area (Å²) in [5, 5.41) is 2.43. The van der Waals surface area contributed by atoms with E-state index in [1.807, 2.05) is 0 Å². The van der Waals surface area contributed by atoms with Gasteiger partial charge in [0.15, 0.2) is 0 Å². The Morgan fingerprint density at radius 1 is 0.320 bits per heavy atom. The van der Waals surface area contributed by atoms with Gasteiger partial charge in [0.05, 0.1) is 16.7 Å². The summed E-state index contributed by atoms with van der Waals surface area (Å²) in [6, 6.07) is 74.0. The first-order chi connectivity index (χ1) is 24.8. The highest BCUT2D eigenvalue weighted by Crippen LogP contribution is 2.44. The summed E-state index contributed by atoms with van der Waals surface area (Å²) >= 11 is 0. The fourth-order valence-electron chi connectivity index (χ4n) is 7.21. The van der Waals surface area contributed by atoms with Crippen molar-refractivity contribution in [3.8, 4) is 39.1 Å². The standard InChI is InChI=1S/C48H34N2/c1-4-14-35(15-5-1)38-26-30-41(31-27-38)49(42-32-28-39(29-33-42)36-16-6-2-7-17-36)46-24-13-25-47-48(46)44-22-10-11-23-45(44)50(47)43-21-12-20-40(34-43)37-18-8-3-9-19-37/h1-34H. The lowest BCUT2D eigenvalue weighted by molar-refractivity contribution is 1.18. The summed E-state index contributed by atoms with van der Waals surface area (Å²) in [5.74, 6) is 0. The SMILES string of the molecule is c1ccc(-c2ccc(N(c3ccc(-c4ccccc4)cc3)c3cccc4c3c3ccccc3n4-c3cccc(-c4ccccc4)c3)cc2)cc1. The van der Waals surface area contributed by atoms with Crippen molar-refractivity contribution in [1.29, 1.82) is 0 Å². The number of hydrogen-bond donors (Lipinski definition) is 0. The van der Waals surface area contributed by atoms with E-state index in [1.165, 1.54) is 55.2 Å². The number of hydrogen-bond acceptors (Lipinski definition) is 1. The Hall–Kier alpha value is -6.64. The van der Waals surface area contributed by atoms with Crippen molar-refractivity contribution in [3.05, 3.63) is 206 Å². The van der Waals surface area contributed by atoms with E-state index in [1.54, 1.807) is 0 Å². The minimum Gasteiger partial charge on any atom is -0.310 e. The maximum Gasteiger partial charge on any atom is 0.0562 e. The molecule has 0 bridgehead atoms. The van der Waals surface area contributed by atoms with E-state index in [4.69, 9.17) is 0 Å². The van der Waals surface area contributed by atoms with Crippen LogP contribution in [0.5, 0.6) is 0 Å². The third kappa shape index (κ3) is 5.34. The zero-order chi connectivity index (χ0) is 33.3. The predicted molar refractivity (Wildman–Crippen MR) is 212 cm³/mol. The predicted octanol–water partition coefficient (Wildman–Crippen LogP) is 13.3. The van der Waals surface area contributed by atoms with E-state index < -0.39 is 0 Å². The molecule has 0 amide bonds. The molecule has 0 saturated carbocycles. The molecule has 9 rings (SSSR count). The number of fused-ring (bicyclic) bond motifs is 3. The normalized spacial score (nSPS) is 11.2. The first-order valence-electron chi connectivity index (χ1n) is 17.1. The van der Waals surface area contributed by atoms with Crippen molar-refractivity contribution in [2.45, 2.75) is 0 Å². The topological polar surface area (TPSA) is 8.17 Å². The number of nitrogens with zero attached hydrogens (tertiary/aromatic N) is 2. The van der Waals surface area contributed by atoms with E-state index in [2.05, 4.69) is 216 Å². The number of benzene rings is 8. The number of para-hydroxylation sites is 1. The van der Waals surface area contributed by atoms with Crippen molar-refractivity contribution >= 4 is 38.9 Å². The van der Waals surface area contributed by atoms with E-state index in [0.717, 1.165) is 22.7 Å². The van der Waals surface area contributed by atoms with E-state index in [-0.39, 0.29) is 0 Å². The average molecular weight is 639 g/mol. The first kappa shape index (κ1) is 29.5. The Kier molecular flexibility index (Phi) is 7.53. The molecule has 0 unspecified atom stereocenters. The van der Waals surface area contributed by atoms with Gasteiger partial charge in [-0.15, -0.1) is 0 Å². The van der Waals surface area contributed by atoms with Crippen LogP contribution in [0.25, 0.3) is 60.9 Å². The minimum absolute atomic E-state index is 1.10. The van der Waals surface area contributed by atoms with Crippen LogP contribution in [0.1, 0.15) is 0 Å². The maximum atomic E-state index is 2.41. The molecule has 0 atom stereocenters. The van der Waals surface area contributed by atoms with Crippen LogP contribution in [0.15, 0.2) is 206 Å². The molecule has 2 nitrogen and oxygen atoms in total. The Bertz CT molecular complexity index is 2470. The fourth-order valence-corrected chi connectivity index (χ4v) is 7.21. The van der Waals surface area contributed by atoms with Gasteiger partial charge in [-0.05, 0) is 88.0 Å². The molecule has 0 saturated heterocycles. The monoisotopic (exact) mass is 638 g/mol. The molecule has 0 aliphatic carbocycles. The maximum absolute atomic E-state index is 2.41. The highest BCUT2D eigenvalue weighted by molar-refractivity contribution is 6.16. The number of anilines is 3. The summed E-state index contributed by atoms with van der Waals surface area (Å²) < 4.78 is 2.41. The van der Waals surface area contributed by atoms with E-state index >= 15 is 0 Å². The van der Waals surface area contributed by atoms with Gasteiger partial charge in [-0.2, -0.15) is 0 Å². The van der Waals surface area contributed by atoms with Crippen LogP contribution in [-0.2, 0) is 0 Å². The average Bonchev–Trinajstić information content (AvgIpc) is 3.55. The summed E-state index contributed by atoms with van der Waals surface area (Å²) in [5.41, 5.74) is 14.0. The molecule has 0 spiro atoms. The van der Waals surface area contributed by atoms with Crippen molar-refractivity contribution in [2.75, 3.05) is 4.90 Å². The zero-order valence-corrected chi connectivity index (χ0v) is 27.5. The van der Waals surface area contributed by atoms with Crippen LogP contribution in [0, 0.1) is 0 Å². The number of aromatic nitrogens is 1. The molecule has 2 heteroatoms. The molecule has 9 aromatic rings. The Morgan fingerprint density at radius 2 is 0.760 bits per heavy atom. The van der Waals surface area contributed by atoms with Gasteiger partial charge in [-0.3, -0.25) is 0 Å². The van der Waals surface area contributed by atoms with Gasteiger partial charge < -0.3 is 9.47 Å². The fraction of sp³-hybridized carbons (Fsp3) is 0. The van der Waals surface area contributed by atoms with Gasteiger partial charge in [0.1, 0.15) is 0 Å². The molecule has 50 heavy (non-hydrogen) atoms. The van der Waals surface area contributed by atoms with Crippen molar-refractivity contribution in [2.24, 2.45) is 0 Å². The van der Waals surface area contributed by atoms with Crippen molar-refractivity contribution in [3.63, 3.8) is 0 Å². The third-order valence-corrected chi connectivity index (χ3v) is 9.59. The molecule has 1 heterocycles. The lowest BCUT2D eigenvalue weighted by Crippen LogP contribution is -2.10. The van der Waals surface area contributed by atoms with Gasteiger partial charge in [-0.25, -0.2) is 0 Å². The Balaban J connectivity index is 1.25. The molecule has 0 aliphatic rings. The molecular weight excluding hydrogens is 605 g/mol. The van der Waals surface area contributed by atoms with E-state index in [0.29, 0.717) is 0 Å². The summed E-state index contributed by atoms with van der Waals surface area (Å²) in [7, 11) is 0. The lowest BCUT2D eigenvalue weighted by atomic mass is 10.0. The lowest BCUT2D eigenvalue weighted by Gasteiger charge is -2.27. The first-order valence-corrected chi connectivity index (χ1v) is 17.1. The summed E-state index contributed by atoms with van der Waals surface area (Å²) in [6.45, 7) is 0. The van der Waals surface area contributed by atoms with Gasteiger partial charge >= 0.3 is 0 Å². The molecule has 0 aliphatic heterocycles. The molecule has 236 valence electrons. The van der Waals surface area contributed by atoms with E-state index in [9.17, 15) is 0 Å². The van der Waals surface area contributed by atoms with Crippen LogP contribution < -0.4 is 4.90 Å². The molecular formula is C48H34N2. The molecule has 1 aromatic heterocycles. The minimum atomic E-state index is 1.10. The van der Waals surface area contributed by atoms with Gasteiger partial charge in [0, 0.05) is 27.8 Å². The van der Waals surface area contributed by atoms with Gasteiger partial charge in [0.25, 0.3) is 0 Å². The molecule has 0 fully saturated rings. The second kappa shape index (κ2) is 12.8. The number of rotatable bonds is 7. The van der Waals surface area contributed by atoms with Crippen LogP contribution in [0.2, 0.25) is 0 Å². The van der Waals surface area contributed by atoms with Crippen LogP contribution >= 0.6 is 0 Å². The highest BCUT2D eigenvalue weighted by atomic mass is 15.1. The second-order valence-electron chi connectivity index (χ2n) is 12.6. The van der Waals surface area contributed by atoms with Crippen LogP contribution in [0.3, 0.4) is 0 Å². The molecule has 0 N–H and O–H groups in total. The quantitative estimate of drug-likeness (QED) is 0.169. The summed E-state index contributed by atoms with van der Waals surface area (Å²) in [6.07, 6.45) is 0. The second-order valence-corrected chi connectivity index (χ2v) is 12.6. The Morgan fingerprint density at radius 3 is 1.34 bits per heavy atom. The molecule has 8 aromatic carbocycles. The molecule has 0 radical (unpaired) electrons. The van der Waals surface area contributed by atoms with Gasteiger partial charge in [-0.1, -0.05) is 152 Å². The largest absolute Gasteiger partial charge is 0.310 e.